The average molecular weight is 185 g/mol. The highest BCUT2D eigenvalue weighted by Gasteiger charge is 1.97. The van der Waals surface area contributed by atoms with Crippen LogP contribution in [-0.4, -0.2) is 24.9 Å². The Hall–Kier alpha value is -1.45. The molecule has 0 rings (SSSR count). The van der Waals surface area contributed by atoms with E-state index < -0.39 is 0 Å². The van der Waals surface area contributed by atoms with Crippen LogP contribution in [0.4, 0.5) is 0 Å². The van der Waals surface area contributed by atoms with Crippen LogP contribution >= 0.6 is 0 Å². The zero-order chi connectivity index (χ0) is 10.7. The van der Waals surface area contributed by atoms with Gasteiger partial charge in [0.25, 0.3) is 0 Å². The van der Waals surface area contributed by atoms with E-state index in [1.54, 1.807) is 0 Å². The van der Waals surface area contributed by atoms with Crippen LogP contribution in [0, 0.1) is 10.8 Å². The number of carbonyl (C=O) groups excluding carboxylic acids is 1. The highest BCUT2D eigenvalue weighted by atomic mass is 16.1. The van der Waals surface area contributed by atoms with Gasteiger partial charge in [-0.2, -0.15) is 0 Å². The Labute approximate surface area is 80.5 Å². The first-order valence-corrected chi connectivity index (χ1v) is 4.02. The van der Waals surface area contributed by atoms with Crippen molar-refractivity contribution < 1.29 is 6.22 Å². The van der Waals surface area contributed by atoms with Crippen LogP contribution in [-0.2, 0) is 4.79 Å². The highest BCUT2D eigenvalue weighted by molar-refractivity contribution is 5.95. The summed E-state index contributed by atoms with van der Waals surface area (Å²) < 4.78 is 0. The summed E-state index contributed by atoms with van der Waals surface area (Å²) in [6, 6.07) is 0. The molecule has 1 amide bonds. The lowest BCUT2D eigenvalue weighted by Crippen LogP contribution is -2.27. The monoisotopic (exact) mass is 185 g/mol. The molecule has 0 aliphatic carbocycles. The predicted molar refractivity (Wildman–Crippen MR) is 57.8 cm³/mol. The van der Waals surface area contributed by atoms with Crippen molar-refractivity contribution in [2.24, 2.45) is 0 Å². The van der Waals surface area contributed by atoms with Gasteiger partial charge in [-0.05, 0) is 19.2 Å². The van der Waals surface area contributed by atoms with E-state index in [0.29, 0.717) is 18.7 Å². The number of amides is 1. The second-order valence-electron chi connectivity index (χ2n) is 2.26. The first-order valence-electron chi connectivity index (χ1n) is 4.02. The van der Waals surface area contributed by atoms with Gasteiger partial charge < -0.3 is 16.1 Å². The Morgan fingerprint density at radius 3 is 2.54 bits per heavy atom. The quantitative estimate of drug-likeness (QED) is 0.559. The number of carbonyl (C=O) groups is 1. The zero-order valence-electron chi connectivity index (χ0n) is 8.02. The van der Waals surface area contributed by atoms with Crippen molar-refractivity contribution in [2.45, 2.75) is 19.8 Å². The maximum absolute atomic E-state index is 10.8. The number of hydrogen-bond donors (Lipinski definition) is 3. The molecule has 3 N–H and O–H groups in total. The lowest BCUT2D eigenvalue weighted by Gasteiger charge is -2.01. The van der Waals surface area contributed by atoms with Gasteiger partial charge >= 0.3 is 0 Å². The van der Waals surface area contributed by atoms with Crippen molar-refractivity contribution in [3.8, 4) is 0 Å². The summed E-state index contributed by atoms with van der Waals surface area (Å²) in [6.45, 7) is 8.15. The van der Waals surface area contributed by atoms with Gasteiger partial charge in [0, 0.05) is 13.6 Å². The molecule has 0 bridgehead atoms. The highest BCUT2D eigenvalue weighted by Crippen LogP contribution is 1.84. The molecule has 0 heterocycles. The normalized spacial score (nSPS) is 7.77. The fourth-order valence-corrected chi connectivity index (χ4v) is 0.581. The minimum absolute atomic E-state index is 0. The molecule has 0 saturated heterocycles. The van der Waals surface area contributed by atoms with Crippen molar-refractivity contribution in [1.29, 1.82) is 10.8 Å². The van der Waals surface area contributed by atoms with Crippen molar-refractivity contribution in [2.75, 3.05) is 6.54 Å². The van der Waals surface area contributed by atoms with Crippen LogP contribution in [0.1, 0.15) is 21.2 Å². The first kappa shape index (κ1) is 14.1. The Bertz CT molecular complexity index is 183. The largest absolute Gasteiger partial charge is 0.350 e. The summed E-state index contributed by atoms with van der Waals surface area (Å²) in [7, 11) is 0. The predicted octanol–water partition coefficient (Wildman–Crippen LogP) is 1.62. The topological polar surface area (TPSA) is 76.8 Å². The molecule has 0 saturated carbocycles. The summed E-state index contributed by atoms with van der Waals surface area (Å²) in [5.41, 5.74) is 0.342. The summed E-state index contributed by atoms with van der Waals surface area (Å²) in [5, 5.41) is 15.2. The van der Waals surface area contributed by atoms with Gasteiger partial charge in [0.1, 0.15) is 0 Å². The minimum atomic E-state index is -0.000833. The Morgan fingerprint density at radius 2 is 2.15 bits per heavy atom. The third-order valence-electron chi connectivity index (χ3n) is 1.20. The molecule has 0 unspecified atom stereocenters. The fourth-order valence-electron chi connectivity index (χ4n) is 0.581. The molecular weight excluding hydrogens is 166 g/mol. The molecule has 0 aromatic rings. The second kappa shape index (κ2) is 10.6. The van der Waals surface area contributed by atoms with Crippen molar-refractivity contribution >= 4 is 18.3 Å². The zero-order valence-corrected chi connectivity index (χ0v) is 8.02. The molecule has 0 aliphatic rings. The maximum atomic E-state index is 10.8. The third-order valence-corrected chi connectivity index (χ3v) is 1.20. The van der Waals surface area contributed by atoms with Crippen molar-refractivity contribution in [1.82, 2.24) is 5.32 Å². The molecule has 13 heavy (non-hydrogen) atoms. The lowest BCUT2D eigenvalue weighted by molar-refractivity contribution is -0.120. The van der Waals surface area contributed by atoms with Crippen LogP contribution < -0.4 is 5.32 Å². The molecule has 4 nitrogen and oxygen atoms in total. The fraction of sp³-hybridized carbons (Fsp3) is 0.444. The smallest absolute Gasteiger partial charge is 0.220 e. The summed E-state index contributed by atoms with van der Waals surface area (Å²) in [4.78, 5) is 10.8. The Kier molecular flexibility index (Phi) is 11.4. The maximum Gasteiger partial charge on any atom is 0.220 e. The molecule has 0 spiro atoms. The molecule has 0 radical (unpaired) electrons. The van der Waals surface area contributed by atoms with Crippen molar-refractivity contribution in [3.05, 3.63) is 12.7 Å². The Morgan fingerprint density at radius 1 is 1.62 bits per heavy atom. The standard InChI is InChI=1S/C8H14N2O.CH3N.H2/c1-3-5-8(11)10-6-7(9)4-2;1-2;/h4,9H,2-3,5-6H2,1H3,(H,10,11);2H,1H2;1H. The van der Waals surface area contributed by atoms with E-state index in [2.05, 4.69) is 18.6 Å². The molecule has 76 valence electrons. The van der Waals surface area contributed by atoms with Gasteiger partial charge in [-0.3, -0.25) is 4.79 Å². The molecule has 0 fully saturated rings. The van der Waals surface area contributed by atoms with Crippen LogP contribution in [0.5, 0.6) is 0 Å². The molecule has 0 atom stereocenters. The van der Waals surface area contributed by atoms with Gasteiger partial charge in [-0.15, -0.1) is 0 Å². The Balaban J connectivity index is -0.000000376. The van der Waals surface area contributed by atoms with Gasteiger partial charge in [-0.25, -0.2) is 0 Å². The van der Waals surface area contributed by atoms with Gasteiger partial charge in [0.15, 0.2) is 0 Å². The number of hydrogen-bond acceptors (Lipinski definition) is 3. The van der Waals surface area contributed by atoms with Crippen LogP contribution in [0.15, 0.2) is 12.7 Å². The molecule has 0 aromatic carbocycles. The van der Waals surface area contributed by atoms with E-state index in [1.165, 1.54) is 6.08 Å². The average Bonchev–Trinajstić information content (AvgIpc) is 2.18. The van der Waals surface area contributed by atoms with Gasteiger partial charge in [0.05, 0.1) is 6.54 Å². The van der Waals surface area contributed by atoms with Gasteiger partial charge in [-0.1, -0.05) is 13.5 Å². The van der Waals surface area contributed by atoms with E-state index in [9.17, 15) is 4.79 Å². The van der Waals surface area contributed by atoms with Crippen molar-refractivity contribution in [3.63, 3.8) is 0 Å². The molecule has 0 aliphatic heterocycles. The van der Waals surface area contributed by atoms with Crippen LogP contribution in [0.2, 0.25) is 0 Å². The van der Waals surface area contributed by atoms with E-state index in [0.717, 1.165) is 6.42 Å². The number of rotatable bonds is 5. The summed E-state index contributed by atoms with van der Waals surface area (Å²) in [5.74, 6) is -0.000833. The SMILES string of the molecule is C=CC(=N)CNC(=O)CCC.C=N.[HH]. The summed E-state index contributed by atoms with van der Waals surface area (Å²) >= 11 is 0. The van der Waals surface area contributed by atoms with Gasteiger partial charge in [0.2, 0.25) is 5.91 Å². The van der Waals surface area contributed by atoms with Crippen LogP contribution in [0.25, 0.3) is 0 Å². The molecule has 4 heteroatoms. The lowest BCUT2D eigenvalue weighted by atomic mass is 10.3. The van der Waals surface area contributed by atoms with E-state index in [4.69, 9.17) is 10.8 Å². The van der Waals surface area contributed by atoms with E-state index in [1.807, 2.05) is 6.92 Å². The number of nitrogens with one attached hydrogen (secondary N) is 3. The molecular formula is C9H19N3O. The van der Waals surface area contributed by atoms with Crippen LogP contribution in [0.3, 0.4) is 0 Å². The molecule has 0 aromatic heterocycles. The third kappa shape index (κ3) is 10.6. The van der Waals surface area contributed by atoms with E-state index in [-0.39, 0.29) is 7.33 Å². The minimum Gasteiger partial charge on any atom is -0.350 e. The second-order valence-corrected chi connectivity index (χ2v) is 2.26. The van der Waals surface area contributed by atoms with E-state index >= 15 is 0 Å². The summed E-state index contributed by atoms with van der Waals surface area (Å²) in [6.07, 6.45) is 2.80. The first-order chi connectivity index (χ1) is 6.20.